The van der Waals surface area contributed by atoms with Crippen LogP contribution in [0.15, 0.2) is 43.9 Å². The minimum atomic E-state index is -1.03. The Morgan fingerprint density at radius 2 is 1.33 bits per heavy atom. The summed E-state index contributed by atoms with van der Waals surface area (Å²) in [4.78, 5) is 23.8. The van der Waals surface area contributed by atoms with Crippen LogP contribution >= 0.6 is 0 Å². The van der Waals surface area contributed by atoms with Crippen LogP contribution in [0, 0.1) is 23.7 Å². The van der Waals surface area contributed by atoms with Gasteiger partial charge in [0, 0.05) is 0 Å². The second-order valence-electron chi connectivity index (χ2n) is 9.50. The normalized spacial score (nSPS) is 26.1. The van der Waals surface area contributed by atoms with E-state index < -0.39 is 11.9 Å². The van der Waals surface area contributed by atoms with E-state index in [0.29, 0.717) is 42.4 Å². The molecule has 2 N–H and O–H groups in total. The standard InChI is InChI=1S/C27H36O6/c1-3-32-16-18-5-9-20(10-6-18)25(21-11-7-19(8-12-21)17-33-4-2)24-15-22(26(28)29)13-14-23(24)27(30)31/h3-4,13-15,18-21,25H,1-2,5-12,16-17H2,(H,28,29)(H,30,31). The molecule has 6 heteroatoms. The Labute approximate surface area is 196 Å². The zero-order chi connectivity index (χ0) is 23.8. The molecular formula is C27H36O6. The third-order valence-corrected chi connectivity index (χ3v) is 7.59. The average molecular weight is 457 g/mol. The van der Waals surface area contributed by atoms with Crippen LogP contribution in [0.25, 0.3) is 0 Å². The molecule has 2 aliphatic carbocycles. The van der Waals surface area contributed by atoms with Crippen LogP contribution in [0.1, 0.15) is 83.6 Å². The number of hydrogen-bond acceptors (Lipinski definition) is 4. The Balaban J connectivity index is 1.88. The molecule has 2 saturated carbocycles. The molecule has 2 aliphatic rings. The molecule has 0 spiro atoms. The van der Waals surface area contributed by atoms with Gasteiger partial charge in [-0.15, -0.1) is 0 Å². The van der Waals surface area contributed by atoms with Crippen LogP contribution in [0.5, 0.6) is 0 Å². The molecule has 0 unspecified atom stereocenters. The molecule has 0 saturated heterocycles. The van der Waals surface area contributed by atoms with Crippen LogP contribution in [-0.4, -0.2) is 35.4 Å². The summed E-state index contributed by atoms with van der Waals surface area (Å²) in [7, 11) is 0. The lowest BCUT2D eigenvalue weighted by Crippen LogP contribution is -2.31. The molecule has 0 aliphatic heterocycles. The maximum absolute atomic E-state index is 12.1. The van der Waals surface area contributed by atoms with Crippen molar-refractivity contribution in [1.29, 1.82) is 0 Å². The summed E-state index contributed by atoms with van der Waals surface area (Å²) >= 11 is 0. The highest BCUT2D eigenvalue weighted by Gasteiger charge is 2.38. The highest BCUT2D eigenvalue weighted by Crippen LogP contribution is 2.48. The van der Waals surface area contributed by atoms with E-state index in [0.717, 1.165) is 51.4 Å². The van der Waals surface area contributed by atoms with Gasteiger partial charge in [0.05, 0.1) is 36.9 Å². The van der Waals surface area contributed by atoms with Gasteiger partial charge in [0.15, 0.2) is 0 Å². The van der Waals surface area contributed by atoms with Crippen molar-refractivity contribution in [1.82, 2.24) is 0 Å². The molecule has 0 aromatic heterocycles. The summed E-state index contributed by atoms with van der Waals surface area (Å²) in [6.45, 7) is 8.59. The highest BCUT2D eigenvalue weighted by molar-refractivity contribution is 5.93. The van der Waals surface area contributed by atoms with E-state index in [4.69, 9.17) is 9.47 Å². The Hall–Kier alpha value is -2.76. The number of carboxylic acid groups (broad SMARTS) is 2. The zero-order valence-corrected chi connectivity index (χ0v) is 19.3. The third-order valence-electron chi connectivity index (χ3n) is 7.59. The number of hydrogen-bond donors (Lipinski definition) is 2. The molecule has 0 bridgehead atoms. The molecule has 3 rings (SSSR count). The molecule has 0 radical (unpaired) electrons. The quantitative estimate of drug-likeness (QED) is 0.391. The van der Waals surface area contributed by atoms with E-state index in [1.54, 1.807) is 6.07 Å². The summed E-state index contributed by atoms with van der Waals surface area (Å²) in [5.41, 5.74) is 1.08. The molecule has 0 atom stereocenters. The topological polar surface area (TPSA) is 93.1 Å². The van der Waals surface area contributed by atoms with Crippen molar-refractivity contribution < 1.29 is 29.3 Å². The van der Waals surface area contributed by atoms with Gasteiger partial charge in [-0.25, -0.2) is 9.59 Å². The Morgan fingerprint density at radius 1 is 0.848 bits per heavy atom. The lowest BCUT2D eigenvalue weighted by atomic mass is 9.64. The van der Waals surface area contributed by atoms with Gasteiger partial charge >= 0.3 is 11.9 Å². The second-order valence-corrected chi connectivity index (χ2v) is 9.50. The van der Waals surface area contributed by atoms with Crippen molar-refractivity contribution in [2.75, 3.05) is 13.2 Å². The summed E-state index contributed by atoms with van der Waals surface area (Å²) in [6, 6.07) is 4.50. The van der Waals surface area contributed by atoms with Crippen LogP contribution < -0.4 is 0 Å². The molecule has 0 amide bonds. The first-order valence-corrected chi connectivity index (χ1v) is 12.0. The Bertz CT molecular complexity index is 799. The van der Waals surface area contributed by atoms with Crippen molar-refractivity contribution in [2.45, 2.75) is 57.3 Å². The predicted octanol–water partition coefficient (Wildman–Crippen LogP) is 6.10. The smallest absolute Gasteiger partial charge is 0.335 e. The maximum atomic E-state index is 12.1. The van der Waals surface area contributed by atoms with Crippen LogP contribution in [-0.2, 0) is 9.47 Å². The SMILES string of the molecule is C=COCC1CCC(C(c2cc(C(=O)O)ccc2C(=O)O)C2CCC(COC=C)CC2)CC1. The van der Waals surface area contributed by atoms with E-state index in [1.165, 1.54) is 24.7 Å². The fourth-order valence-electron chi connectivity index (χ4n) is 5.90. The molecule has 33 heavy (non-hydrogen) atoms. The number of benzene rings is 1. The van der Waals surface area contributed by atoms with Crippen molar-refractivity contribution in [3.8, 4) is 0 Å². The molecule has 1 aromatic carbocycles. The van der Waals surface area contributed by atoms with Gasteiger partial charge in [0.2, 0.25) is 0 Å². The van der Waals surface area contributed by atoms with Crippen molar-refractivity contribution in [2.24, 2.45) is 23.7 Å². The van der Waals surface area contributed by atoms with Gasteiger partial charge in [-0.1, -0.05) is 13.2 Å². The fraction of sp³-hybridized carbons (Fsp3) is 0.556. The number of carboxylic acids is 2. The van der Waals surface area contributed by atoms with E-state index >= 15 is 0 Å². The van der Waals surface area contributed by atoms with Gasteiger partial charge in [0.25, 0.3) is 0 Å². The third kappa shape index (κ3) is 6.40. The predicted molar refractivity (Wildman–Crippen MR) is 126 cm³/mol. The minimum absolute atomic E-state index is 0.0398. The largest absolute Gasteiger partial charge is 0.502 e. The molecule has 0 heterocycles. The van der Waals surface area contributed by atoms with Gasteiger partial charge in [-0.2, -0.15) is 0 Å². The number of carbonyl (C=O) groups is 2. The molecule has 2 fully saturated rings. The second kappa shape index (κ2) is 11.9. The Morgan fingerprint density at radius 3 is 1.73 bits per heavy atom. The molecule has 1 aromatic rings. The summed E-state index contributed by atoms with van der Waals surface area (Å²) in [6.07, 6.45) is 11.0. The summed E-state index contributed by atoms with van der Waals surface area (Å²) < 4.78 is 10.8. The van der Waals surface area contributed by atoms with E-state index in [9.17, 15) is 19.8 Å². The first kappa shape index (κ1) is 24.9. The number of ether oxygens (including phenoxy) is 2. The average Bonchev–Trinajstić information content (AvgIpc) is 2.83. The van der Waals surface area contributed by atoms with Gasteiger partial charge < -0.3 is 19.7 Å². The van der Waals surface area contributed by atoms with Crippen LogP contribution in [0.2, 0.25) is 0 Å². The number of aromatic carboxylic acids is 2. The fourth-order valence-corrected chi connectivity index (χ4v) is 5.90. The van der Waals surface area contributed by atoms with Crippen LogP contribution in [0.4, 0.5) is 0 Å². The Kier molecular flexibility index (Phi) is 8.98. The van der Waals surface area contributed by atoms with Crippen LogP contribution in [0.3, 0.4) is 0 Å². The monoisotopic (exact) mass is 456 g/mol. The lowest BCUT2D eigenvalue weighted by Gasteiger charge is -2.41. The zero-order valence-electron chi connectivity index (χ0n) is 19.3. The van der Waals surface area contributed by atoms with Crippen molar-refractivity contribution in [3.63, 3.8) is 0 Å². The van der Waals surface area contributed by atoms with Crippen molar-refractivity contribution >= 4 is 11.9 Å². The van der Waals surface area contributed by atoms with Gasteiger partial charge in [0.1, 0.15) is 0 Å². The molecule has 180 valence electrons. The first-order valence-electron chi connectivity index (χ1n) is 12.0. The summed E-state index contributed by atoms with van der Waals surface area (Å²) in [5.74, 6) is -0.350. The van der Waals surface area contributed by atoms with Gasteiger partial charge in [-0.05, 0) is 105 Å². The lowest BCUT2D eigenvalue weighted by molar-refractivity contribution is 0.0675. The highest BCUT2D eigenvalue weighted by atomic mass is 16.5. The maximum Gasteiger partial charge on any atom is 0.335 e. The summed E-state index contributed by atoms with van der Waals surface area (Å²) in [5, 5.41) is 19.5. The van der Waals surface area contributed by atoms with E-state index in [1.807, 2.05) is 0 Å². The van der Waals surface area contributed by atoms with Crippen molar-refractivity contribution in [3.05, 3.63) is 60.6 Å². The van der Waals surface area contributed by atoms with E-state index in [2.05, 4.69) is 13.2 Å². The molecule has 6 nitrogen and oxygen atoms in total. The minimum Gasteiger partial charge on any atom is -0.502 e. The van der Waals surface area contributed by atoms with Gasteiger partial charge in [-0.3, -0.25) is 0 Å². The molecular weight excluding hydrogens is 420 g/mol. The first-order chi connectivity index (χ1) is 15.9. The number of rotatable bonds is 11. The van der Waals surface area contributed by atoms with E-state index in [-0.39, 0.29) is 17.0 Å².